The summed E-state index contributed by atoms with van der Waals surface area (Å²) in [7, 11) is 0. The summed E-state index contributed by atoms with van der Waals surface area (Å²) in [6.45, 7) is 6.17. The number of ether oxygens (including phenoxy) is 1. The summed E-state index contributed by atoms with van der Waals surface area (Å²) < 4.78 is 5.29. The first kappa shape index (κ1) is 35.6. The zero-order valence-electron chi connectivity index (χ0n) is 28.2. The van der Waals surface area contributed by atoms with Crippen molar-refractivity contribution in [1.29, 1.82) is 0 Å². The minimum Gasteiger partial charge on any atom is -0.481 e. The average molecular weight is 678 g/mol. The van der Waals surface area contributed by atoms with Gasteiger partial charge in [0.25, 0.3) is 5.91 Å². The highest BCUT2D eigenvalue weighted by Crippen LogP contribution is 2.27. The number of nitrogens with zero attached hydrogens (tertiary/aromatic N) is 6. The van der Waals surface area contributed by atoms with E-state index in [1.165, 1.54) is 4.90 Å². The third kappa shape index (κ3) is 9.45. The normalized spacial score (nSPS) is 17.5. The highest BCUT2D eigenvalue weighted by Gasteiger charge is 2.33. The number of anilines is 1. The van der Waals surface area contributed by atoms with Gasteiger partial charge in [0.2, 0.25) is 11.8 Å². The first-order valence-electron chi connectivity index (χ1n) is 17.4. The number of carboxylic acids is 1. The van der Waals surface area contributed by atoms with Crippen LogP contribution in [0.15, 0.2) is 36.4 Å². The standard InChI is InChI=1S/C35H47N7O7/c1-2-3-23-49-35(48)42-21-19-41(20-22-42)34(47)27(11-12-30(43)44)37-32(45)28-24-29(38-31(36-28)25-9-5-4-6-10-25)39-17-13-26(14-18-39)33(46)40-15-7-8-16-40/h4-6,9-10,24,26-27H,2-3,7-8,11-23H2,1H3,(H,37,45)(H,43,44)/t27-/m0/s1. The molecule has 0 saturated carbocycles. The summed E-state index contributed by atoms with van der Waals surface area (Å²) >= 11 is 0. The molecule has 0 aliphatic carbocycles. The number of hydrogen-bond acceptors (Lipinski definition) is 9. The molecule has 0 radical (unpaired) electrons. The van der Waals surface area contributed by atoms with E-state index in [0.717, 1.165) is 38.8 Å². The van der Waals surface area contributed by atoms with Crippen molar-refractivity contribution in [1.82, 2.24) is 30.0 Å². The Bertz CT molecular complexity index is 1470. The highest BCUT2D eigenvalue weighted by molar-refractivity contribution is 5.97. The number of benzene rings is 1. The van der Waals surface area contributed by atoms with E-state index in [0.29, 0.717) is 49.7 Å². The number of aliphatic carboxylic acids is 1. The smallest absolute Gasteiger partial charge is 0.409 e. The van der Waals surface area contributed by atoms with Crippen LogP contribution in [0.3, 0.4) is 0 Å². The molecule has 2 N–H and O–H groups in total. The third-order valence-electron chi connectivity index (χ3n) is 9.39. The molecule has 3 saturated heterocycles. The lowest BCUT2D eigenvalue weighted by Crippen LogP contribution is -2.56. The number of piperazine rings is 1. The van der Waals surface area contributed by atoms with E-state index in [9.17, 15) is 29.1 Å². The molecule has 14 heteroatoms. The van der Waals surface area contributed by atoms with Crippen LogP contribution in [-0.2, 0) is 19.1 Å². The molecule has 4 heterocycles. The Morgan fingerprint density at radius 1 is 0.898 bits per heavy atom. The van der Waals surface area contributed by atoms with Crippen molar-refractivity contribution >= 4 is 35.6 Å². The van der Waals surface area contributed by atoms with Crippen LogP contribution in [0.4, 0.5) is 10.6 Å². The van der Waals surface area contributed by atoms with Crippen molar-refractivity contribution in [3.8, 4) is 11.4 Å². The minimum atomic E-state index is -1.11. The molecule has 0 bridgehead atoms. The lowest BCUT2D eigenvalue weighted by atomic mass is 9.95. The van der Waals surface area contributed by atoms with Crippen LogP contribution < -0.4 is 10.2 Å². The maximum Gasteiger partial charge on any atom is 0.409 e. The molecule has 3 aliphatic rings. The van der Waals surface area contributed by atoms with Crippen molar-refractivity contribution in [3.63, 3.8) is 0 Å². The van der Waals surface area contributed by atoms with Gasteiger partial charge in [-0.2, -0.15) is 0 Å². The predicted molar refractivity (Wildman–Crippen MR) is 181 cm³/mol. The second-order valence-electron chi connectivity index (χ2n) is 12.8. The zero-order chi connectivity index (χ0) is 34.8. The molecule has 3 aliphatic heterocycles. The highest BCUT2D eigenvalue weighted by atomic mass is 16.6. The molecule has 0 spiro atoms. The van der Waals surface area contributed by atoms with Gasteiger partial charge in [-0.25, -0.2) is 14.8 Å². The van der Waals surface area contributed by atoms with E-state index < -0.39 is 29.9 Å². The van der Waals surface area contributed by atoms with Crippen molar-refractivity contribution in [2.24, 2.45) is 5.92 Å². The third-order valence-corrected chi connectivity index (χ3v) is 9.39. The number of likely N-dealkylation sites (tertiary alicyclic amines) is 1. The quantitative estimate of drug-likeness (QED) is 0.319. The lowest BCUT2D eigenvalue weighted by Gasteiger charge is -2.36. The second-order valence-corrected chi connectivity index (χ2v) is 12.8. The topological polar surface area (TPSA) is 166 Å². The van der Waals surface area contributed by atoms with Crippen molar-refractivity contribution < 1.29 is 33.8 Å². The fraction of sp³-hybridized carbons (Fsp3) is 0.571. The molecule has 1 aromatic heterocycles. The number of hydrogen-bond donors (Lipinski definition) is 2. The first-order valence-corrected chi connectivity index (χ1v) is 17.4. The van der Waals surface area contributed by atoms with Crippen molar-refractivity contribution in [3.05, 3.63) is 42.1 Å². The van der Waals surface area contributed by atoms with E-state index in [-0.39, 0.29) is 56.5 Å². The van der Waals surface area contributed by atoms with Gasteiger partial charge in [-0.05, 0) is 38.5 Å². The largest absolute Gasteiger partial charge is 0.481 e. The minimum absolute atomic E-state index is 0.0397. The molecule has 3 fully saturated rings. The van der Waals surface area contributed by atoms with E-state index in [1.54, 1.807) is 11.0 Å². The van der Waals surface area contributed by atoms with Crippen LogP contribution in [0.1, 0.15) is 68.8 Å². The molecule has 1 aromatic carbocycles. The molecule has 2 aromatic rings. The summed E-state index contributed by atoms with van der Waals surface area (Å²) in [5.41, 5.74) is 0.758. The van der Waals surface area contributed by atoms with Gasteiger partial charge in [0, 0.05) is 76.3 Å². The van der Waals surface area contributed by atoms with Crippen molar-refractivity contribution in [2.75, 3.05) is 63.9 Å². The first-order chi connectivity index (χ1) is 23.7. The maximum atomic E-state index is 13.8. The molecule has 5 rings (SSSR count). The van der Waals surface area contributed by atoms with Crippen LogP contribution in [0.2, 0.25) is 0 Å². The number of unbranched alkanes of at least 4 members (excludes halogenated alkanes) is 1. The Morgan fingerprint density at radius 2 is 1.57 bits per heavy atom. The average Bonchev–Trinajstić information content (AvgIpc) is 3.68. The molecule has 14 nitrogen and oxygen atoms in total. The Morgan fingerprint density at radius 3 is 2.22 bits per heavy atom. The van der Waals surface area contributed by atoms with E-state index in [4.69, 9.17) is 9.72 Å². The van der Waals surface area contributed by atoms with Gasteiger partial charge in [-0.15, -0.1) is 0 Å². The number of carbonyl (C=O) groups is 5. The number of carboxylic acid groups (broad SMARTS) is 1. The molecule has 0 unspecified atom stereocenters. The second kappa shape index (κ2) is 17.1. The maximum absolute atomic E-state index is 13.8. The van der Waals surface area contributed by atoms with Gasteiger partial charge in [0.15, 0.2) is 5.82 Å². The number of rotatable bonds is 12. The van der Waals surface area contributed by atoms with E-state index >= 15 is 0 Å². The fourth-order valence-electron chi connectivity index (χ4n) is 6.46. The monoisotopic (exact) mass is 677 g/mol. The number of aromatic nitrogens is 2. The van der Waals surface area contributed by atoms with Gasteiger partial charge in [0.1, 0.15) is 17.6 Å². The van der Waals surface area contributed by atoms with E-state index in [2.05, 4.69) is 15.2 Å². The fourth-order valence-corrected chi connectivity index (χ4v) is 6.46. The lowest BCUT2D eigenvalue weighted by molar-refractivity contribution is -0.138. The number of carbonyl (C=O) groups excluding carboxylic acids is 4. The summed E-state index contributed by atoms with van der Waals surface area (Å²) in [5, 5.41) is 12.2. The SMILES string of the molecule is CCCCOC(=O)N1CCN(C(=O)[C@H](CCC(=O)O)NC(=O)c2cc(N3CCC(C(=O)N4CCCC4)CC3)nc(-c3ccccc3)n2)CC1. The Balaban J connectivity index is 1.29. The predicted octanol–water partition coefficient (Wildman–Crippen LogP) is 3.03. The van der Waals surface area contributed by atoms with E-state index in [1.807, 2.05) is 42.2 Å². The van der Waals surface area contributed by atoms with Gasteiger partial charge < -0.3 is 34.8 Å². The molecular formula is C35H47N7O7. The molecule has 4 amide bonds. The molecule has 49 heavy (non-hydrogen) atoms. The number of amides is 4. The summed E-state index contributed by atoms with van der Waals surface area (Å²) in [6.07, 6.45) is 4.27. The molecule has 264 valence electrons. The molecular weight excluding hydrogens is 630 g/mol. The van der Waals surface area contributed by atoms with Gasteiger partial charge >= 0.3 is 12.1 Å². The Hall–Kier alpha value is -4.75. The van der Waals surface area contributed by atoms with Crippen LogP contribution >= 0.6 is 0 Å². The number of piperidine rings is 1. The van der Waals surface area contributed by atoms with Crippen LogP contribution in [0.5, 0.6) is 0 Å². The number of nitrogens with one attached hydrogen (secondary N) is 1. The van der Waals surface area contributed by atoms with Crippen LogP contribution in [0, 0.1) is 5.92 Å². The zero-order valence-corrected chi connectivity index (χ0v) is 28.2. The summed E-state index contributed by atoms with van der Waals surface area (Å²) in [4.78, 5) is 80.8. The van der Waals surface area contributed by atoms with Gasteiger partial charge in [0.05, 0.1) is 6.61 Å². The van der Waals surface area contributed by atoms with Crippen molar-refractivity contribution in [2.45, 2.75) is 64.3 Å². The Labute approximate surface area is 286 Å². The molecule has 1 atom stereocenters. The van der Waals surface area contributed by atoms with Gasteiger partial charge in [-0.3, -0.25) is 19.2 Å². The van der Waals surface area contributed by atoms with Crippen LogP contribution in [-0.4, -0.2) is 125 Å². The van der Waals surface area contributed by atoms with Crippen LogP contribution in [0.25, 0.3) is 11.4 Å². The van der Waals surface area contributed by atoms with Gasteiger partial charge in [-0.1, -0.05) is 43.7 Å². The summed E-state index contributed by atoms with van der Waals surface area (Å²) in [5.74, 6) is -1.07. The summed E-state index contributed by atoms with van der Waals surface area (Å²) in [6, 6.07) is 9.75. The Kier molecular flexibility index (Phi) is 12.4.